The van der Waals surface area contributed by atoms with E-state index in [1.54, 1.807) is 0 Å². The molecule has 1 N–H and O–H groups in total. The molecule has 1 atom stereocenters. The van der Waals surface area contributed by atoms with Crippen LogP contribution in [0.2, 0.25) is 0 Å². The average Bonchev–Trinajstić information content (AvgIpc) is 2.94. The number of nitrogens with one attached hydrogen (secondary N) is 1. The van der Waals surface area contributed by atoms with Crippen LogP contribution in [0, 0.1) is 13.8 Å². The summed E-state index contributed by atoms with van der Waals surface area (Å²) in [4.78, 5) is 11.6. The maximum absolute atomic E-state index is 4.66. The second-order valence-corrected chi connectivity index (χ2v) is 7.22. The van der Waals surface area contributed by atoms with Crippen molar-refractivity contribution in [3.8, 4) is 0 Å². The lowest BCUT2D eigenvalue weighted by atomic mass is 9.89. The summed E-state index contributed by atoms with van der Waals surface area (Å²) in [6.45, 7) is 7.21. The van der Waals surface area contributed by atoms with Gasteiger partial charge in [0.25, 0.3) is 0 Å². The maximum atomic E-state index is 4.66. The van der Waals surface area contributed by atoms with E-state index in [1.165, 1.54) is 43.2 Å². The predicted molar refractivity (Wildman–Crippen MR) is 95.8 cm³/mol. The molecule has 0 saturated heterocycles. The van der Waals surface area contributed by atoms with Gasteiger partial charge < -0.3 is 0 Å². The van der Waals surface area contributed by atoms with Crippen LogP contribution in [-0.2, 0) is 6.54 Å². The third-order valence-electron chi connectivity index (χ3n) is 5.39. The summed E-state index contributed by atoms with van der Waals surface area (Å²) in [6, 6.07) is 0.307. The topological polar surface area (TPSA) is 57.7 Å². The van der Waals surface area contributed by atoms with Gasteiger partial charge in [-0.3, -0.25) is 10.00 Å². The van der Waals surface area contributed by atoms with Gasteiger partial charge in [0.1, 0.15) is 5.82 Å². The van der Waals surface area contributed by atoms with Crippen molar-refractivity contribution in [1.29, 1.82) is 0 Å². The van der Waals surface area contributed by atoms with Crippen molar-refractivity contribution in [2.24, 2.45) is 0 Å². The number of nitrogens with zero attached hydrogens (tertiary/aromatic N) is 4. The summed E-state index contributed by atoms with van der Waals surface area (Å²) in [5, 5.41) is 7.39. The van der Waals surface area contributed by atoms with E-state index in [9.17, 15) is 0 Å². The first kappa shape index (κ1) is 17.1. The molecule has 1 aliphatic rings. The minimum atomic E-state index is 0.307. The van der Waals surface area contributed by atoms with E-state index in [2.05, 4.69) is 52.9 Å². The number of aromatic nitrogens is 4. The van der Waals surface area contributed by atoms with Crippen molar-refractivity contribution in [3.63, 3.8) is 0 Å². The Morgan fingerprint density at radius 3 is 2.42 bits per heavy atom. The van der Waals surface area contributed by atoms with Gasteiger partial charge in [-0.2, -0.15) is 5.10 Å². The number of aryl methyl sites for hydroxylation is 2. The van der Waals surface area contributed by atoms with Crippen molar-refractivity contribution < 1.29 is 0 Å². The molecular weight excluding hydrogens is 298 g/mol. The molecule has 130 valence electrons. The summed E-state index contributed by atoms with van der Waals surface area (Å²) < 4.78 is 0. The molecule has 24 heavy (non-hydrogen) atoms. The summed E-state index contributed by atoms with van der Waals surface area (Å²) in [6.07, 6.45) is 10.5. The van der Waals surface area contributed by atoms with Gasteiger partial charge in [0, 0.05) is 47.7 Å². The largest absolute Gasteiger partial charge is 0.295 e. The van der Waals surface area contributed by atoms with Crippen LogP contribution in [0.1, 0.15) is 79.3 Å². The Balaban J connectivity index is 1.65. The molecule has 0 unspecified atom stereocenters. The second kappa shape index (κ2) is 7.43. The lowest BCUT2D eigenvalue weighted by Crippen LogP contribution is -2.23. The first-order valence-corrected chi connectivity index (χ1v) is 9.08. The van der Waals surface area contributed by atoms with Crippen molar-refractivity contribution in [2.75, 3.05) is 7.05 Å². The fraction of sp³-hybridized carbons (Fsp3) is 0.632. The van der Waals surface area contributed by atoms with Crippen LogP contribution in [0.25, 0.3) is 0 Å². The smallest absolute Gasteiger partial charge is 0.131 e. The van der Waals surface area contributed by atoms with Crippen molar-refractivity contribution in [1.82, 2.24) is 25.1 Å². The third kappa shape index (κ3) is 3.66. The monoisotopic (exact) mass is 327 g/mol. The molecule has 0 bridgehead atoms. The standard InChI is InChI=1S/C19H29N5/c1-13-18(14(2)23-22-13)15(3)24(4)12-16-10-20-19(21-11-16)17-8-6-5-7-9-17/h10-11,15,17H,5-9,12H2,1-4H3,(H,22,23)/t15-/m0/s1. The van der Waals surface area contributed by atoms with Crippen LogP contribution in [0.3, 0.4) is 0 Å². The molecule has 3 rings (SSSR count). The quantitative estimate of drug-likeness (QED) is 0.900. The van der Waals surface area contributed by atoms with Crippen LogP contribution in [0.15, 0.2) is 12.4 Å². The molecule has 0 radical (unpaired) electrons. The van der Waals surface area contributed by atoms with Gasteiger partial charge in [-0.05, 0) is 40.7 Å². The number of aromatic amines is 1. The Hall–Kier alpha value is -1.75. The van der Waals surface area contributed by atoms with Gasteiger partial charge in [0.05, 0.1) is 5.69 Å². The number of hydrogen-bond donors (Lipinski definition) is 1. The van der Waals surface area contributed by atoms with E-state index in [0.29, 0.717) is 12.0 Å². The first-order valence-electron chi connectivity index (χ1n) is 9.08. The molecule has 0 spiro atoms. The molecule has 1 saturated carbocycles. The third-order valence-corrected chi connectivity index (χ3v) is 5.39. The van der Waals surface area contributed by atoms with E-state index in [4.69, 9.17) is 0 Å². The van der Waals surface area contributed by atoms with Gasteiger partial charge in [-0.25, -0.2) is 9.97 Å². The SMILES string of the molecule is Cc1n[nH]c(C)c1[C@H](C)N(C)Cc1cnc(C2CCCCC2)nc1. The average molecular weight is 327 g/mol. The molecular formula is C19H29N5. The van der Waals surface area contributed by atoms with Gasteiger partial charge in [0.15, 0.2) is 0 Å². The molecule has 1 fully saturated rings. The molecule has 0 amide bonds. The fourth-order valence-corrected chi connectivity index (χ4v) is 3.84. The predicted octanol–water partition coefficient (Wildman–Crippen LogP) is 4.06. The summed E-state index contributed by atoms with van der Waals surface area (Å²) in [7, 11) is 2.14. The lowest BCUT2D eigenvalue weighted by molar-refractivity contribution is 0.251. The zero-order valence-corrected chi connectivity index (χ0v) is 15.3. The summed E-state index contributed by atoms with van der Waals surface area (Å²) in [5.74, 6) is 1.61. The zero-order chi connectivity index (χ0) is 17.1. The molecule has 1 aliphatic carbocycles. The van der Waals surface area contributed by atoms with Crippen LogP contribution in [-0.4, -0.2) is 32.1 Å². The molecule has 2 aromatic rings. The van der Waals surface area contributed by atoms with E-state index in [0.717, 1.165) is 23.8 Å². The van der Waals surface area contributed by atoms with Crippen LogP contribution >= 0.6 is 0 Å². The minimum absolute atomic E-state index is 0.307. The van der Waals surface area contributed by atoms with E-state index < -0.39 is 0 Å². The number of rotatable bonds is 5. The second-order valence-electron chi connectivity index (χ2n) is 7.22. The van der Waals surface area contributed by atoms with Crippen molar-refractivity contribution in [3.05, 3.63) is 40.7 Å². The highest BCUT2D eigenvalue weighted by atomic mass is 15.2. The van der Waals surface area contributed by atoms with E-state index in [-0.39, 0.29) is 0 Å². The lowest BCUT2D eigenvalue weighted by Gasteiger charge is -2.25. The van der Waals surface area contributed by atoms with E-state index in [1.807, 2.05) is 12.4 Å². The number of H-pyrrole nitrogens is 1. The molecule has 0 aliphatic heterocycles. The zero-order valence-electron chi connectivity index (χ0n) is 15.3. The van der Waals surface area contributed by atoms with Gasteiger partial charge in [-0.15, -0.1) is 0 Å². The fourth-order valence-electron chi connectivity index (χ4n) is 3.84. The highest BCUT2D eigenvalue weighted by Crippen LogP contribution is 2.30. The highest BCUT2D eigenvalue weighted by Gasteiger charge is 2.20. The van der Waals surface area contributed by atoms with E-state index >= 15 is 0 Å². The Bertz CT molecular complexity index is 635. The Morgan fingerprint density at radius 2 is 1.83 bits per heavy atom. The Labute approximate surface area is 144 Å². The summed E-state index contributed by atoms with van der Waals surface area (Å²) >= 11 is 0. The van der Waals surface area contributed by atoms with Crippen molar-refractivity contribution >= 4 is 0 Å². The van der Waals surface area contributed by atoms with Crippen molar-refractivity contribution in [2.45, 2.75) is 71.4 Å². The molecule has 2 heterocycles. The van der Waals surface area contributed by atoms with Gasteiger partial charge >= 0.3 is 0 Å². The molecule has 2 aromatic heterocycles. The normalized spacial score (nSPS) is 17.4. The number of hydrogen-bond acceptors (Lipinski definition) is 4. The summed E-state index contributed by atoms with van der Waals surface area (Å²) in [5.41, 5.74) is 4.69. The highest BCUT2D eigenvalue weighted by molar-refractivity contribution is 5.26. The maximum Gasteiger partial charge on any atom is 0.131 e. The molecule has 5 nitrogen and oxygen atoms in total. The Kier molecular flexibility index (Phi) is 5.29. The first-order chi connectivity index (χ1) is 11.6. The van der Waals surface area contributed by atoms with Gasteiger partial charge in [0.2, 0.25) is 0 Å². The van der Waals surface area contributed by atoms with Crippen LogP contribution in [0.4, 0.5) is 0 Å². The molecule has 5 heteroatoms. The van der Waals surface area contributed by atoms with Crippen LogP contribution in [0.5, 0.6) is 0 Å². The Morgan fingerprint density at radius 1 is 1.17 bits per heavy atom. The van der Waals surface area contributed by atoms with Crippen LogP contribution < -0.4 is 0 Å². The molecule has 0 aromatic carbocycles. The van der Waals surface area contributed by atoms with Gasteiger partial charge in [-0.1, -0.05) is 19.3 Å². The minimum Gasteiger partial charge on any atom is -0.295 e.